The number of aryl methyl sites for hydroxylation is 9. The highest BCUT2D eigenvalue weighted by Crippen LogP contribution is 1.90. The molecule has 0 unspecified atom stereocenters. The number of hydrogen-bond donors (Lipinski definition) is 0. The summed E-state index contributed by atoms with van der Waals surface area (Å²) >= 11 is 0. The van der Waals surface area contributed by atoms with Gasteiger partial charge in [0.05, 0.1) is 17.6 Å². The number of nitrogens with zero attached hydrogens (tertiary/aromatic N) is 15. The Morgan fingerprint density at radius 3 is 0.914 bits per heavy atom. The Bertz CT molecular complexity index is 1760. The van der Waals surface area contributed by atoms with E-state index in [1.54, 1.807) is 99.0 Å². The highest BCUT2D eigenvalue weighted by Gasteiger charge is 1.79. The van der Waals surface area contributed by atoms with Crippen LogP contribution in [0.4, 0.5) is 0 Å². The zero-order valence-electron chi connectivity index (χ0n) is 55.5. The molecule has 0 saturated carbocycles. The summed E-state index contributed by atoms with van der Waals surface area (Å²) < 4.78 is 0. The first-order valence-electron chi connectivity index (χ1n) is 28.5. The van der Waals surface area contributed by atoms with Crippen molar-refractivity contribution in [3.63, 3.8) is 0 Å². The van der Waals surface area contributed by atoms with Crippen LogP contribution in [-0.2, 0) is 0 Å². The van der Waals surface area contributed by atoms with Crippen molar-refractivity contribution >= 4 is 0 Å². The highest BCUT2D eigenvalue weighted by molar-refractivity contribution is 5.06. The lowest BCUT2D eigenvalue weighted by atomic mass is 10.3. The van der Waals surface area contributed by atoms with Crippen LogP contribution in [0.5, 0.6) is 0 Å². The minimum atomic E-state index is 0.822. The maximum Gasteiger partial charge on any atom is 0.125 e. The van der Waals surface area contributed by atoms with E-state index < -0.39 is 0 Å². The summed E-state index contributed by atoms with van der Waals surface area (Å²) in [6.07, 6.45) is 30.9. The van der Waals surface area contributed by atoms with Gasteiger partial charge in [-0.1, -0.05) is 137 Å². The lowest BCUT2D eigenvalue weighted by molar-refractivity contribution is 0.980. The van der Waals surface area contributed by atoms with Gasteiger partial charge >= 0.3 is 0 Å². The number of hydrogen-bond acceptors (Lipinski definition) is 15. The summed E-state index contributed by atoms with van der Waals surface area (Å²) in [5, 5.41) is 14.6. The molecule has 0 N–H and O–H groups in total. The van der Waals surface area contributed by atoms with Gasteiger partial charge in [-0.25, -0.2) is 29.9 Å². The number of pyridine rings is 3. The molecule has 0 aromatic carbocycles. The van der Waals surface area contributed by atoms with E-state index in [-0.39, 0.29) is 0 Å². The first-order valence-corrected chi connectivity index (χ1v) is 28.5. The fourth-order valence-electron chi connectivity index (χ4n) is 3.54. The van der Waals surface area contributed by atoms with Gasteiger partial charge in [-0.2, -0.15) is 20.4 Å². The molecule has 0 atom stereocenters. The fraction of sp³-hybridized carbons (Fsp3) is 0.409. The standard InChI is InChI=1S/3C6H7N.6C5H6N2.9C2H6/c1-6-2-4-7-5-3-6;1-6-3-2-4-7-5-6;1-6-4-2-3-5-7-6;1-5-2-6-4-7-3-5;1-5-4-6-2-3-7-5;1-5-2-3-6-4-7-5;1-5-2-3-6-7-4-5;1-5-6-3-2-4-7-5;1-5-3-2-4-6-7-5;9*1-2/h3*2-5H,1H3;6*2-4H,1H3;9*1-2H3. The molecule has 450 valence electrons. The molecule has 0 radical (unpaired) electrons. The third kappa shape index (κ3) is 86.1. The summed E-state index contributed by atoms with van der Waals surface area (Å²) in [5.41, 5.74) is 8.72. The van der Waals surface area contributed by atoms with E-state index in [0.29, 0.717) is 0 Å². The quantitative estimate of drug-likeness (QED) is 0.139. The lowest BCUT2D eigenvalue weighted by Crippen LogP contribution is -1.80. The molecule has 0 amide bonds. The maximum atomic E-state index is 3.98. The minimum Gasteiger partial charge on any atom is -0.265 e. The van der Waals surface area contributed by atoms with Gasteiger partial charge in [0.1, 0.15) is 18.5 Å². The van der Waals surface area contributed by atoms with Gasteiger partial charge in [0, 0.05) is 104 Å². The van der Waals surface area contributed by atoms with Crippen molar-refractivity contribution in [2.45, 2.75) is 187 Å². The van der Waals surface area contributed by atoms with Crippen LogP contribution in [0.25, 0.3) is 0 Å². The van der Waals surface area contributed by atoms with Crippen LogP contribution in [0.1, 0.15) is 175 Å². The molecule has 0 aliphatic rings. The Kier molecular flexibility index (Phi) is 101. The van der Waals surface area contributed by atoms with Crippen LogP contribution in [0.2, 0.25) is 0 Å². The number of rotatable bonds is 0. The van der Waals surface area contributed by atoms with Gasteiger partial charge in [-0.3, -0.25) is 24.9 Å². The predicted molar refractivity (Wildman–Crippen MR) is 350 cm³/mol. The average molecular weight is 1110 g/mol. The molecule has 0 fully saturated rings. The van der Waals surface area contributed by atoms with Gasteiger partial charge in [0.15, 0.2) is 0 Å². The summed E-state index contributed by atoms with van der Waals surface area (Å²) in [6.45, 7) is 53.6. The molecule has 81 heavy (non-hydrogen) atoms. The van der Waals surface area contributed by atoms with Gasteiger partial charge in [0.2, 0.25) is 0 Å². The Balaban J connectivity index is -0.0000000993. The first-order chi connectivity index (χ1) is 39.5. The molecular formula is C66H111N15. The Morgan fingerprint density at radius 2 is 0.691 bits per heavy atom. The third-order valence-corrected chi connectivity index (χ3v) is 6.71. The first kappa shape index (κ1) is 92.3. The monoisotopic (exact) mass is 1110 g/mol. The van der Waals surface area contributed by atoms with Gasteiger partial charge in [-0.15, -0.1) is 0 Å². The van der Waals surface area contributed by atoms with Crippen molar-refractivity contribution in [2.24, 2.45) is 0 Å². The zero-order chi connectivity index (χ0) is 64.0. The van der Waals surface area contributed by atoms with E-state index in [2.05, 4.69) is 75.2 Å². The summed E-state index contributed by atoms with van der Waals surface area (Å²) in [4.78, 5) is 42.3. The highest BCUT2D eigenvalue weighted by atomic mass is 15.1. The van der Waals surface area contributed by atoms with Crippen molar-refractivity contribution in [3.05, 3.63) is 235 Å². The van der Waals surface area contributed by atoms with E-state index in [0.717, 1.165) is 39.7 Å². The van der Waals surface area contributed by atoms with Gasteiger partial charge in [-0.05, 0) is 145 Å². The van der Waals surface area contributed by atoms with Crippen LogP contribution in [0.3, 0.4) is 0 Å². The molecule has 0 aliphatic carbocycles. The van der Waals surface area contributed by atoms with Gasteiger partial charge in [0.25, 0.3) is 0 Å². The van der Waals surface area contributed by atoms with Crippen LogP contribution < -0.4 is 0 Å². The zero-order valence-corrected chi connectivity index (χ0v) is 55.5. The Labute approximate surface area is 495 Å². The van der Waals surface area contributed by atoms with Gasteiger partial charge < -0.3 is 0 Å². The van der Waals surface area contributed by atoms with Crippen LogP contribution in [0.15, 0.2) is 185 Å². The minimum absolute atomic E-state index is 0.822. The van der Waals surface area contributed by atoms with E-state index in [1.165, 1.54) is 23.8 Å². The van der Waals surface area contributed by atoms with Crippen molar-refractivity contribution in [2.75, 3.05) is 0 Å². The second-order valence-corrected chi connectivity index (χ2v) is 12.7. The predicted octanol–water partition coefficient (Wildman–Crippen LogP) is 18.1. The molecule has 9 aromatic heterocycles. The van der Waals surface area contributed by atoms with E-state index >= 15 is 0 Å². The molecule has 0 bridgehead atoms. The van der Waals surface area contributed by atoms with Crippen molar-refractivity contribution in [3.8, 4) is 0 Å². The molecule has 0 spiro atoms. The lowest BCUT2D eigenvalue weighted by Gasteiger charge is -1.82. The smallest absolute Gasteiger partial charge is 0.125 e. The van der Waals surface area contributed by atoms with E-state index in [1.807, 2.05) is 260 Å². The summed E-state index contributed by atoms with van der Waals surface area (Å²) in [5.74, 6) is 0.822. The van der Waals surface area contributed by atoms with Crippen LogP contribution in [0, 0.1) is 62.3 Å². The molecule has 0 aliphatic heterocycles. The SMILES string of the molecule is CC.CC.CC.CC.CC.CC.CC.CC.CC.Cc1ccccn1.Cc1cccnc1.Cc1cccnn1.Cc1ccncc1.Cc1ccncn1.Cc1ccnnc1.Cc1cnccn1.Cc1cncnc1.Cc1ncccn1. The van der Waals surface area contributed by atoms with Crippen molar-refractivity contribution in [1.82, 2.24) is 75.2 Å². The summed E-state index contributed by atoms with van der Waals surface area (Å²) in [6, 6.07) is 23.1. The molecular weight excluding hydrogens is 1000 g/mol. The topological polar surface area (TPSA) is 193 Å². The molecule has 0 saturated heterocycles. The molecule has 9 heterocycles. The second-order valence-electron chi connectivity index (χ2n) is 12.7. The normalized spacial score (nSPS) is 7.44. The fourth-order valence-corrected chi connectivity index (χ4v) is 3.54. The van der Waals surface area contributed by atoms with Crippen molar-refractivity contribution < 1.29 is 0 Å². The maximum absolute atomic E-state index is 3.98. The average Bonchev–Trinajstić information content (AvgIpc) is 3.55. The molecule has 9 aromatic rings. The Hall–Kier alpha value is -8.07. The largest absolute Gasteiger partial charge is 0.265 e. The van der Waals surface area contributed by atoms with E-state index in [9.17, 15) is 0 Å². The molecule has 9 rings (SSSR count). The summed E-state index contributed by atoms with van der Waals surface area (Å²) in [7, 11) is 0. The number of aromatic nitrogens is 15. The molecule has 15 nitrogen and oxygen atoms in total. The van der Waals surface area contributed by atoms with Crippen molar-refractivity contribution in [1.29, 1.82) is 0 Å². The molecule has 15 heteroatoms. The third-order valence-electron chi connectivity index (χ3n) is 6.71. The second kappa shape index (κ2) is 88.5. The van der Waals surface area contributed by atoms with Crippen LogP contribution >= 0.6 is 0 Å². The van der Waals surface area contributed by atoms with E-state index in [4.69, 9.17) is 0 Å². The Morgan fingerprint density at radius 1 is 0.222 bits per heavy atom. The van der Waals surface area contributed by atoms with Crippen LogP contribution in [-0.4, -0.2) is 75.2 Å².